The fourth-order valence-electron chi connectivity index (χ4n) is 4.80. The number of ether oxygens (including phenoxy) is 2. The summed E-state index contributed by atoms with van der Waals surface area (Å²) in [5.74, 6) is -0.587. The minimum absolute atomic E-state index is 0.0997. The van der Waals surface area contributed by atoms with Crippen LogP contribution in [0.1, 0.15) is 27.2 Å². The summed E-state index contributed by atoms with van der Waals surface area (Å²) in [7, 11) is 3.35. The number of amides is 1. The molecule has 13 heteroatoms. The summed E-state index contributed by atoms with van der Waals surface area (Å²) in [6, 6.07) is 5.16. The molecule has 0 saturated carbocycles. The van der Waals surface area contributed by atoms with Crippen LogP contribution in [0.5, 0.6) is 5.75 Å². The summed E-state index contributed by atoms with van der Waals surface area (Å²) in [5, 5.41) is 7.36. The number of halogens is 2. The van der Waals surface area contributed by atoms with Crippen molar-refractivity contribution >= 4 is 23.5 Å². The highest BCUT2D eigenvalue weighted by atomic mass is 19.3. The number of hydrogen-bond acceptors (Lipinski definition) is 9. The average Bonchev–Trinajstić information content (AvgIpc) is 3.27. The lowest BCUT2D eigenvalue weighted by Gasteiger charge is -2.57. The Kier molecular flexibility index (Phi) is 6.55. The fourth-order valence-corrected chi connectivity index (χ4v) is 4.80. The number of aromatic nitrogens is 5. The van der Waals surface area contributed by atoms with E-state index >= 15 is 8.78 Å². The van der Waals surface area contributed by atoms with Crippen molar-refractivity contribution in [2.45, 2.75) is 38.7 Å². The average molecular weight is 543 g/mol. The Labute approximate surface area is 225 Å². The van der Waals surface area contributed by atoms with Gasteiger partial charge in [-0.05, 0) is 33.3 Å². The smallest absolute Gasteiger partial charge is 0.410 e. The molecule has 2 aliphatic rings. The van der Waals surface area contributed by atoms with Gasteiger partial charge in [0.1, 0.15) is 28.8 Å². The van der Waals surface area contributed by atoms with E-state index in [0.717, 1.165) is 4.90 Å². The van der Waals surface area contributed by atoms with Crippen molar-refractivity contribution in [2.24, 2.45) is 12.5 Å². The molecule has 1 N–H and O–H groups in total. The number of methoxy groups -OCH3 is 1. The van der Waals surface area contributed by atoms with Crippen molar-refractivity contribution in [1.82, 2.24) is 29.6 Å². The highest BCUT2D eigenvalue weighted by molar-refractivity contribution is 5.69. The van der Waals surface area contributed by atoms with Gasteiger partial charge in [0.25, 0.3) is 5.92 Å². The van der Waals surface area contributed by atoms with Gasteiger partial charge in [-0.2, -0.15) is 5.10 Å². The molecule has 5 heterocycles. The largest absolute Gasteiger partial charge is 0.497 e. The number of piperidine rings is 1. The molecule has 1 amide bonds. The molecule has 3 aromatic heterocycles. The Morgan fingerprint density at radius 1 is 1.13 bits per heavy atom. The van der Waals surface area contributed by atoms with Crippen LogP contribution < -0.4 is 15.0 Å². The number of likely N-dealkylation sites (tertiary alicyclic amines) is 1. The summed E-state index contributed by atoms with van der Waals surface area (Å²) in [5.41, 5.74) is -1.32. The Hall–Kier alpha value is -4.03. The molecular formula is C26H32F2N8O3. The molecule has 0 aromatic carbocycles. The maximum atomic E-state index is 15.5. The van der Waals surface area contributed by atoms with Crippen LogP contribution in [0.2, 0.25) is 0 Å². The second-order valence-electron chi connectivity index (χ2n) is 11.0. The molecule has 2 saturated heterocycles. The van der Waals surface area contributed by atoms with Gasteiger partial charge in [0.15, 0.2) is 5.82 Å². The van der Waals surface area contributed by atoms with Crippen molar-refractivity contribution in [3.63, 3.8) is 0 Å². The number of alkyl halides is 2. The minimum atomic E-state index is -3.08. The number of pyridine rings is 1. The number of hydrogen-bond donors (Lipinski definition) is 1. The van der Waals surface area contributed by atoms with Gasteiger partial charge in [-0.25, -0.2) is 28.5 Å². The number of nitrogens with zero attached hydrogens (tertiary/aromatic N) is 7. The quantitative estimate of drug-likeness (QED) is 0.509. The first-order chi connectivity index (χ1) is 18.4. The first-order valence-corrected chi connectivity index (χ1v) is 12.6. The number of aryl methyl sites for hydroxylation is 1. The van der Waals surface area contributed by atoms with E-state index in [9.17, 15) is 4.79 Å². The Morgan fingerprint density at radius 3 is 2.54 bits per heavy atom. The number of anilines is 3. The van der Waals surface area contributed by atoms with E-state index < -0.39 is 29.6 Å². The molecule has 39 heavy (non-hydrogen) atoms. The van der Waals surface area contributed by atoms with Crippen LogP contribution in [-0.2, 0) is 11.8 Å². The lowest BCUT2D eigenvalue weighted by atomic mass is 9.69. The van der Waals surface area contributed by atoms with Crippen LogP contribution >= 0.6 is 0 Å². The van der Waals surface area contributed by atoms with Crippen molar-refractivity contribution in [3.05, 3.63) is 36.8 Å². The number of rotatable bonds is 5. The van der Waals surface area contributed by atoms with Gasteiger partial charge in [-0.3, -0.25) is 4.68 Å². The van der Waals surface area contributed by atoms with Crippen LogP contribution in [0.3, 0.4) is 0 Å². The monoisotopic (exact) mass is 542 g/mol. The molecule has 3 aromatic rings. The maximum absolute atomic E-state index is 15.5. The number of carbonyl (C=O) groups is 1. The van der Waals surface area contributed by atoms with E-state index in [1.807, 2.05) is 4.90 Å². The summed E-state index contributed by atoms with van der Waals surface area (Å²) < 4.78 is 43.2. The van der Waals surface area contributed by atoms with Crippen molar-refractivity contribution in [3.8, 4) is 17.1 Å². The van der Waals surface area contributed by atoms with Crippen molar-refractivity contribution in [1.29, 1.82) is 0 Å². The van der Waals surface area contributed by atoms with E-state index in [0.29, 0.717) is 34.6 Å². The molecule has 0 bridgehead atoms. The lowest BCUT2D eigenvalue weighted by Crippen LogP contribution is -2.71. The highest BCUT2D eigenvalue weighted by Crippen LogP contribution is 2.51. The van der Waals surface area contributed by atoms with Crippen LogP contribution in [0, 0.1) is 5.41 Å². The van der Waals surface area contributed by atoms with E-state index in [1.165, 1.54) is 0 Å². The van der Waals surface area contributed by atoms with Gasteiger partial charge in [-0.1, -0.05) is 0 Å². The molecule has 0 aliphatic carbocycles. The van der Waals surface area contributed by atoms with Gasteiger partial charge in [0.2, 0.25) is 0 Å². The molecule has 0 unspecified atom stereocenters. The predicted octanol–water partition coefficient (Wildman–Crippen LogP) is 4.11. The molecule has 2 fully saturated rings. The zero-order chi connectivity index (χ0) is 28.0. The number of nitrogens with one attached hydrogen (secondary N) is 1. The van der Waals surface area contributed by atoms with Gasteiger partial charge in [-0.15, -0.1) is 0 Å². The van der Waals surface area contributed by atoms with Gasteiger partial charge in [0.05, 0.1) is 30.8 Å². The summed E-state index contributed by atoms with van der Waals surface area (Å²) >= 11 is 0. The van der Waals surface area contributed by atoms with E-state index in [2.05, 4.69) is 25.4 Å². The van der Waals surface area contributed by atoms with Gasteiger partial charge < -0.3 is 24.6 Å². The summed E-state index contributed by atoms with van der Waals surface area (Å²) in [6.45, 7) is 4.88. The van der Waals surface area contributed by atoms with Crippen molar-refractivity contribution < 1.29 is 23.0 Å². The number of carbonyl (C=O) groups excluding carboxylic acids is 1. The van der Waals surface area contributed by atoms with Crippen LogP contribution in [0.25, 0.3) is 11.4 Å². The lowest BCUT2D eigenvalue weighted by molar-refractivity contribution is -0.176. The van der Waals surface area contributed by atoms with E-state index in [4.69, 9.17) is 9.47 Å². The second kappa shape index (κ2) is 9.62. The molecular weight excluding hydrogens is 510 g/mol. The van der Waals surface area contributed by atoms with Gasteiger partial charge in [0, 0.05) is 51.2 Å². The fraction of sp³-hybridized carbons (Fsp3) is 0.500. The third kappa shape index (κ3) is 5.43. The van der Waals surface area contributed by atoms with E-state index in [-0.39, 0.29) is 26.1 Å². The van der Waals surface area contributed by atoms with Crippen LogP contribution in [0.4, 0.5) is 31.0 Å². The third-order valence-electron chi connectivity index (χ3n) is 6.89. The van der Waals surface area contributed by atoms with Crippen LogP contribution in [0.15, 0.2) is 36.8 Å². The SMILES string of the molecule is COc1ccnc(Nc2cc(N3CC4(CCN(C(=O)OC(C)(C)C)CC4(F)F)C3)nc(-c3cnn(C)c3)n2)c1. The van der Waals surface area contributed by atoms with Gasteiger partial charge >= 0.3 is 6.09 Å². The standard InChI is InChI=1S/C26H32F2N8O3/c1-24(2,3)39-23(37)35-9-7-25(26(27,28)16-35)14-36(15-25)21-11-20(31-19-10-18(38-5)6-8-29-19)32-22(33-21)17-12-30-34(4)13-17/h6,8,10-13H,7,9,14-16H2,1-5H3,(H,29,31,32,33). The highest BCUT2D eigenvalue weighted by Gasteiger charge is 2.63. The Balaban J connectivity index is 1.37. The maximum Gasteiger partial charge on any atom is 0.410 e. The zero-order valence-corrected chi connectivity index (χ0v) is 22.6. The van der Waals surface area contributed by atoms with Crippen molar-refractivity contribution in [2.75, 3.05) is 43.5 Å². The summed E-state index contributed by atoms with van der Waals surface area (Å²) in [6.07, 6.45) is 4.48. The van der Waals surface area contributed by atoms with Crippen LogP contribution in [-0.4, -0.2) is 80.5 Å². The normalized spacial score (nSPS) is 18.0. The predicted molar refractivity (Wildman–Crippen MR) is 140 cm³/mol. The first-order valence-electron chi connectivity index (χ1n) is 12.6. The third-order valence-corrected chi connectivity index (χ3v) is 6.89. The topological polar surface area (TPSA) is 111 Å². The van der Waals surface area contributed by atoms with E-state index in [1.54, 1.807) is 76.4 Å². The Bertz CT molecular complexity index is 1370. The molecule has 5 rings (SSSR count). The molecule has 2 aliphatic heterocycles. The molecule has 1 spiro atoms. The molecule has 0 atom stereocenters. The summed E-state index contributed by atoms with van der Waals surface area (Å²) in [4.78, 5) is 28.9. The molecule has 11 nitrogen and oxygen atoms in total. The Morgan fingerprint density at radius 2 is 1.90 bits per heavy atom. The molecule has 208 valence electrons. The minimum Gasteiger partial charge on any atom is -0.497 e. The second-order valence-corrected chi connectivity index (χ2v) is 11.0. The molecule has 0 radical (unpaired) electrons. The first kappa shape index (κ1) is 26.6. The zero-order valence-electron chi connectivity index (χ0n) is 22.6.